The van der Waals surface area contributed by atoms with Gasteiger partial charge in [-0.2, -0.15) is 5.10 Å². The van der Waals surface area contributed by atoms with Gasteiger partial charge in [-0.1, -0.05) is 24.3 Å². The number of amides is 1. The van der Waals surface area contributed by atoms with Gasteiger partial charge in [0.1, 0.15) is 18.1 Å². The number of para-hydroxylation sites is 1. The van der Waals surface area contributed by atoms with Crippen LogP contribution in [0.4, 0.5) is 0 Å². The summed E-state index contributed by atoms with van der Waals surface area (Å²) in [7, 11) is 3.53. The van der Waals surface area contributed by atoms with Gasteiger partial charge in [-0.25, -0.2) is 0 Å². The number of hydrogen-bond donors (Lipinski definition) is 1. The molecule has 0 aliphatic heterocycles. The molecule has 6 nitrogen and oxygen atoms in total. The lowest BCUT2D eigenvalue weighted by Crippen LogP contribution is -2.21. The van der Waals surface area contributed by atoms with Crippen LogP contribution >= 0.6 is 0 Å². The zero-order chi connectivity index (χ0) is 21.5. The van der Waals surface area contributed by atoms with Crippen LogP contribution in [0.2, 0.25) is 0 Å². The maximum atomic E-state index is 12.3. The molecule has 3 aromatic rings. The third-order valence-corrected chi connectivity index (χ3v) is 4.97. The number of aryl methyl sites for hydroxylation is 2. The van der Waals surface area contributed by atoms with Crippen LogP contribution < -0.4 is 14.8 Å². The van der Waals surface area contributed by atoms with Crippen LogP contribution in [0, 0.1) is 13.8 Å². The number of benzene rings is 2. The Balaban J connectivity index is 1.63. The first kappa shape index (κ1) is 21.2. The molecule has 1 amide bonds. The van der Waals surface area contributed by atoms with Crippen molar-refractivity contribution in [1.82, 2.24) is 15.1 Å². The molecule has 0 spiro atoms. The van der Waals surface area contributed by atoms with E-state index in [1.54, 1.807) is 13.2 Å². The van der Waals surface area contributed by atoms with Crippen molar-refractivity contribution in [2.75, 3.05) is 7.11 Å². The van der Waals surface area contributed by atoms with Gasteiger partial charge in [0.05, 0.1) is 12.8 Å². The van der Waals surface area contributed by atoms with Crippen molar-refractivity contribution >= 4 is 12.0 Å². The predicted octanol–water partition coefficient (Wildman–Crippen LogP) is 3.95. The Morgan fingerprint density at radius 2 is 1.93 bits per heavy atom. The number of carbonyl (C=O) groups is 1. The van der Waals surface area contributed by atoms with Gasteiger partial charge in [0.15, 0.2) is 0 Å². The van der Waals surface area contributed by atoms with Gasteiger partial charge in [-0.15, -0.1) is 0 Å². The monoisotopic (exact) mass is 405 g/mol. The van der Waals surface area contributed by atoms with E-state index in [0.717, 1.165) is 39.6 Å². The lowest BCUT2D eigenvalue weighted by Gasteiger charge is -2.11. The minimum absolute atomic E-state index is 0.157. The highest BCUT2D eigenvalue weighted by atomic mass is 16.5. The largest absolute Gasteiger partial charge is 0.496 e. The quantitative estimate of drug-likeness (QED) is 0.576. The van der Waals surface area contributed by atoms with Gasteiger partial charge >= 0.3 is 0 Å². The van der Waals surface area contributed by atoms with Crippen LogP contribution in [0.25, 0.3) is 6.08 Å². The van der Waals surface area contributed by atoms with E-state index in [2.05, 4.69) is 10.4 Å². The topological polar surface area (TPSA) is 65.4 Å². The molecule has 1 aromatic heterocycles. The fourth-order valence-corrected chi connectivity index (χ4v) is 3.17. The Labute approximate surface area is 177 Å². The van der Waals surface area contributed by atoms with E-state index in [1.165, 1.54) is 6.08 Å². The van der Waals surface area contributed by atoms with Gasteiger partial charge in [-0.3, -0.25) is 9.48 Å². The summed E-state index contributed by atoms with van der Waals surface area (Å²) in [4.78, 5) is 12.3. The molecule has 30 heavy (non-hydrogen) atoms. The highest BCUT2D eigenvalue weighted by molar-refractivity contribution is 5.91. The third-order valence-electron chi connectivity index (χ3n) is 4.97. The molecule has 1 N–H and O–H groups in total. The molecular formula is C24H27N3O3. The summed E-state index contributed by atoms with van der Waals surface area (Å²) in [5.41, 5.74) is 4.83. The third kappa shape index (κ3) is 5.29. The van der Waals surface area contributed by atoms with E-state index in [0.29, 0.717) is 13.2 Å². The van der Waals surface area contributed by atoms with Gasteiger partial charge in [0.25, 0.3) is 0 Å². The number of nitrogens with zero attached hydrogens (tertiary/aromatic N) is 2. The number of methoxy groups -OCH3 is 1. The average molecular weight is 405 g/mol. The second-order valence-corrected chi connectivity index (χ2v) is 7.00. The van der Waals surface area contributed by atoms with Crippen LogP contribution in [0.1, 0.15) is 28.1 Å². The second kappa shape index (κ2) is 9.78. The first-order valence-corrected chi connectivity index (χ1v) is 9.77. The Kier molecular flexibility index (Phi) is 6.91. The van der Waals surface area contributed by atoms with Gasteiger partial charge in [-0.05, 0) is 49.8 Å². The summed E-state index contributed by atoms with van der Waals surface area (Å²) >= 11 is 0. The number of rotatable bonds is 8. The highest BCUT2D eigenvalue weighted by Crippen LogP contribution is 2.23. The fraction of sp³-hybridized carbons (Fsp3) is 0.250. The lowest BCUT2D eigenvalue weighted by atomic mass is 10.1. The van der Waals surface area contributed by atoms with Crippen LogP contribution in [-0.2, 0) is 25.0 Å². The SMILES string of the molecule is COc1ccc(/C=C/C(=O)NCc2c(C)nn(C)c2C)cc1COc1ccccc1. The van der Waals surface area contributed by atoms with E-state index in [9.17, 15) is 4.79 Å². The first-order valence-electron chi connectivity index (χ1n) is 9.77. The summed E-state index contributed by atoms with van der Waals surface area (Å²) in [6, 6.07) is 15.4. The van der Waals surface area contributed by atoms with Crippen LogP contribution in [0.15, 0.2) is 54.6 Å². The minimum atomic E-state index is -0.157. The van der Waals surface area contributed by atoms with Crippen molar-refractivity contribution in [3.8, 4) is 11.5 Å². The predicted molar refractivity (Wildman–Crippen MR) is 117 cm³/mol. The molecule has 156 valence electrons. The molecule has 1 heterocycles. The molecule has 0 saturated heterocycles. The van der Waals surface area contributed by atoms with Gasteiger partial charge < -0.3 is 14.8 Å². The van der Waals surface area contributed by atoms with Crippen molar-refractivity contribution in [3.63, 3.8) is 0 Å². The van der Waals surface area contributed by atoms with Crippen molar-refractivity contribution in [3.05, 3.63) is 82.7 Å². The minimum Gasteiger partial charge on any atom is -0.496 e. The van der Waals surface area contributed by atoms with Crippen molar-refractivity contribution in [2.45, 2.75) is 27.0 Å². The molecule has 0 atom stereocenters. The van der Waals surface area contributed by atoms with Gasteiger partial charge in [0, 0.05) is 36.5 Å². The first-order chi connectivity index (χ1) is 14.5. The van der Waals surface area contributed by atoms with Crippen molar-refractivity contribution < 1.29 is 14.3 Å². The lowest BCUT2D eigenvalue weighted by molar-refractivity contribution is -0.116. The van der Waals surface area contributed by atoms with E-state index in [4.69, 9.17) is 9.47 Å². The summed E-state index contributed by atoms with van der Waals surface area (Å²) in [5, 5.41) is 7.29. The van der Waals surface area contributed by atoms with Crippen molar-refractivity contribution in [2.24, 2.45) is 7.05 Å². The summed E-state index contributed by atoms with van der Waals surface area (Å²) in [6.07, 6.45) is 3.31. The number of ether oxygens (including phenoxy) is 2. The molecule has 0 bridgehead atoms. The maximum absolute atomic E-state index is 12.3. The average Bonchev–Trinajstić information content (AvgIpc) is 3.01. The summed E-state index contributed by atoms with van der Waals surface area (Å²) < 4.78 is 13.1. The van der Waals surface area contributed by atoms with Crippen LogP contribution in [0.3, 0.4) is 0 Å². The second-order valence-electron chi connectivity index (χ2n) is 7.00. The molecule has 0 fully saturated rings. The molecular weight excluding hydrogens is 378 g/mol. The van der Waals surface area contributed by atoms with Crippen LogP contribution in [0.5, 0.6) is 11.5 Å². The number of carbonyl (C=O) groups excluding carboxylic acids is 1. The molecule has 0 aliphatic rings. The Morgan fingerprint density at radius 3 is 2.60 bits per heavy atom. The maximum Gasteiger partial charge on any atom is 0.244 e. The Bertz CT molecular complexity index is 1040. The fourth-order valence-electron chi connectivity index (χ4n) is 3.17. The van der Waals surface area contributed by atoms with Gasteiger partial charge in [0.2, 0.25) is 5.91 Å². The standard InChI is InChI=1S/C24H27N3O3/c1-17-22(18(2)27(3)26-17)15-25-24(28)13-11-19-10-12-23(29-4)20(14-19)16-30-21-8-6-5-7-9-21/h5-14H,15-16H2,1-4H3,(H,25,28)/b13-11+. The summed E-state index contributed by atoms with van der Waals surface area (Å²) in [6.45, 7) is 4.77. The normalized spacial score (nSPS) is 10.9. The van der Waals surface area contributed by atoms with Crippen molar-refractivity contribution in [1.29, 1.82) is 0 Å². The molecule has 0 unspecified atom stereocenters. The summed E-state index contributed by atoms with van der Waals surface area (Å²) in [5.74, 6) is 1.38. The molecule has 0 saturated carbocycles. The zero-order valence-electron chi connectivity index (χ0n) is 17.8. The van der Waals surface area contributed by atoms with Crippen LogP contribution in [-0.4, -0.2) is 22.8 Å². The number of nitrogens with one attached hydrogen (secondary N) is 1. The molecule has 6 heteroatoms. The highest BCUT2D eigenvalue weighted by Gasteiger charge is 2.10. The number of aromatic nitrogens is 2. The smallest absolute Gasteiger partial charge is 0.244 e. The molecule has 3 rings (SSSR count). The molecule has 2 aromatic carbocycles. The Morgan fingerprint density at radius 1 is 1.17 bits per heavy atom. The van der Waals surface area contributed by atoms with E-state index in [-0.39, 0.29) is 5.91 Å². The zero-order valence-corrected chi connectivity index (χ0v) is 17.8. The number of hydrogen-bond acceptors (Lipinski definition) is 4. The van der Waals surface area contributed by atoms with E-state index in [1.807, 2.05) is 74.1 Å². The van der Waals surface area contributed by atoms with E-state index < -0.39 is 0 Å². The van der Waals surface area contributed by atoms with E-state index >= 15 is 0 Å². The molecule has 0 radical (unpaired) electrons. The Hall–Kier alpha value is -3.54. The molecule has 0 aliphatic carbocycles.